The van der Waals surface area contributed by atoms with Crippen molar-refractivity contribution in [2.45, 2.75) is 39.7 Å². The second-order valence-corrected chi connectivity index (χ2v) is 1.73. The van der Waals surface area contributed by atoms with E-state index < -0.39 is 0 Å². The van der Waals surface area contributed by atoms with Crippen molar-refractivity contribution in [2.75, 3.05) is 6.61 Å². The van der Waals surface area contributed by atoms with Gasteiger partial charge < -0.3 is 10.8 Å². The standard InChI is InChI=1S/C5H13NO.C2H6/c1-2-3-5(6)4-7;1-2/h5,7H,2-4,6H2,1H3;1-2H3/t5-;/m0./s1. The number of rotatable bonds is 3. The fraction of sp³-hybridized carbons (Fsp3) is 1.00. The van der Waals surface area contributed by atoms with E-state index in [1.807, 2.05) is 13.8 Å². The molecule has 0 unspecified atom stereocenters. The van der Waals surface area contributed by atoms with Crippen molar-refractivity contribution in [1.82, 2.24) is 0 Å². The monoisotopic (exact) mass is 133 g/mol. The lowest BCUT2D eigenvalue weighted by Crippen LogP contribution is -2.23. The molecule has 0 rings (SSSR count). The van der Waals surface area contributed by atoms with Gasteiger partial charge in [0.2, 0.25) is 0 Å². The largest absolute Gasteiger partial charge is 0.395 e. The van der Waals surface area contributed by atoms with Gasteiger partial charge in [-0.05, 0) is 6.42 Å². The van der Waals surface area contributed by atoms with Crippen LogP contribution < -0.4 is 5.73 Å². The minimum Gasteiger partial charge on any atom is -0.395 e. The number of hydrogen-bond donors (Lipinski definition) is 2. The molecule has 2 nitrogen and oxygen atoms in total. The third-order valence-electron chi connectivity index (χ3n) is 0.894. The van der Waals surface area contributed by atoms with E-state index in [-0.39, 0.29) is 12.6 Å². The Morgan fingerprint density at radius 3 is 2.00 bits per heavy atom. The van der Waals surface area contributed by atoms with Crippen molar-refractivity contribution in [3.8, 4) is 0 Å². The molecule has 2 heteroatoms. The van der Waals surface area contributed by atoms with Crippen LogP contribution in [0.3, 0.4) is 0 Å². The van der Waals surface area contributed by atoms with Crippen molar-refractivity contribution >= 4 is 0 Å². The summed E-state index contributed by atoms with van der Waals surface area (Å²) in [6.07, 6.45) is 1.98. The van der Waals surface area contributed by atoms with Gasteiger partial charge in [0.15, 0.2) is 0 Å². The Hall–Kier alpha value is -0.0800. The quantitative estimate of drug-likeness (QED) is 0.606. The smallest absolute Gasteiger partial charge is 0.0582 e. The van der Waals surface area contributed by atoms with E-state index in [2.05, 4.69) is 6.92 Å². The lowest BCUT2D eigenvalue weighted by Gasteiger charge is -2.02. The maximum atomic E-state index is 8.34. The number of aliphatic hydroxyl groups is 1. The summed E-state index contributed by atoms with van der Waals surface area (Å²) in [5.41, 5.74) is 5.33. The van der Waals surface area contributed by atoms with Gasteiger partial charge in [0.25, 0.3) is 0 Å². The van der Waals surface area contributed by atoms with Crippen LogP contribution in [0.2, 0.25) is 0 Å². The molecule has 0 aromatic heterocycles. The average molecular weight is 133 g/mol. The van der Waals surface area contributed by atoms with Gasteiger partial charge in [-0.1, -0.05) is 27.2 Å². The molecule has 0 aromatic rings. The Labute approximate surface area is 58.1 Å². The molecule has 9 heavy (non-hydrogen) atoms. The van der Waals surface area contributed by atoms with Crippen LogP contribution in [0.25, 0.3) is 0 Å². The van der Waals surface area contributed by atoms with Gasteiger partial charge in [-0.25, -0.2) is 0 Å². The van der Waals surface area contributed by atoms with Crippen molar-refractivity contribution in [3.63, 3.8) is 0 Å². The molecule has 0 bridgehead atoms. The van der Waals surface area contributed by atoms with Crippen LogP contribution in [0.4, 0.5) is 0 Å². The molecule has 1 atom stereocenters. The molecule has 0 aliphatic carbocycles. The molecule has 0 spiro atoms. The van der Waals surface area contributed by atoms with E-state index in [0.717, 1.165) is 12.8 Å². The highest BCUT2D eigenvalue weighted by atomic mass is 16.3. The van der Waals surface area contributed by atoms with E-state index in [0.29, 0.717) is 0 Å². The molecule has 0 heterocycles. The molecular weight excluding hydrogens is 114 g/mol. The molecule has 0 amide bonds. The van der Waals surface area contributed by atoms with Crippen LogP contribution in [-0.4, -0.2) is 17.8 Å². The van der Waals surface area contributed by atoms with Crippen LogP contribution in [-0.2, 0) is 0 Å². The first kappa shape index (κ1) is 11.7. The summed E-state index contributed by atoms with van der Waals surface area (Å²) >= 11 is 0. The molecule has 0 fully saturated rings. The Kier molecular flexibility index (Phi) is 14.0. The number of hydrogen-bond acceptors (Lipinski definition) is 2. The summed E-state index contributed by atoms with van der Waals surface area (Å²) in [6, 6.07) is 0.00463. The van der Waals surface area contributed by atoms with E-state index in [1.165, 1.54) is 0 Å². The Bertz CT molecular complexity index is 39.9. The first-order valence-electron chi connectivity index (χ1n) is 3.67. The van der Waals surface area contributed by atoms with Crippen LogP contribution in [0.5, 0.6) is 0 Å². The summed E-state index contributed by atoms with van der Waals surface area (Å²) < 4.78 is 0. The molecule has 0 aliphatic heterocycles. The summed E-state index contributed by atoms with van der Waals surface area (Å²) in [5, 5.41) is 8.34. The van der Waals surface area contributed by atoms with Crippen LogP contribution in [0, 0.1) is 0 Å². The second-order valence-electron chi connectivity index (χ2n) is 1.73. The molecule has 0 aliphatic rings. The zero-order valence-corrected chi connectivity index (χ0v) is 6.72. The predicted molar refractivity (Wildman–Crippen MR) is 41.3 cm³/mol. The van der Waals surface area contributed by atoms with Crippen molar-refractivity contribution in [2.24, 2.45) is 5.73 Å². The molecule has 3 N–H and O–H groups in total. The van der Waals surface area contributed by atoms with Gasteiger partial charge in [0.1, 0.15) is 0 Å². The summed E-state index contributed by atoms with van der Waals surface area (Å²) in [6.45, 7) is 6.17. The third-order valence-corrected chi connectivity index (χ3v) is 0.894. The van der Waals surface area contributed by atoms with Crippen molar-refractivity contribution < 1.29 is 5.11 Å². The minimum absolute atomic E-state index is 0.00463. The second kappa shape index (κ2) is 10.8. The van der Waals surface area contributed by atoms with Crippen LogP contribution in [0.15, 0.2) is 0 Å². The highest BCUT2D eigenvalue weighted by Crippen LogP contribution is 1.89. The normalized spacial score (nSPS) is 11.7. The predicted octanol–water partition coefficient (Wildman–Crippen LogP) is 1.13. The number of nitrogens with two attached hydrogens (primary N) is 1. The van der Waals surface area contributed by atoms with Gasteiger partial charge >= 0.3 is 0 Å². The zero-order valence-electron chi connectivity index (χ0n) is 6.72. The SMILES string of the molecule is CC.CCC[C@H](N)CO. The Morgan fingerprint density at radius 1 is 1.44 bits per heavy atom. The van der Waals surface area contributed by atoms with Gasteiger partial charge in [-0.2, -0.15) is 0 Å². The minimum atomic E-state index is 0.00463. The summed E-state index contributed by atoms with van der Waals surface area (Å²) in [4.78, 5) is 0. The van der Waals surface area contributed by atoms with E-state index >= 15 is 0 Å². The highest BCUT2D eigenvalue weighted by Gasteiger charge is 1.94. The van der Waals surface area contributed by atoms with E-state index in [4.69, 9.17) is 10.8 Å². The van der Waals surface area contributed by atoms with Gasteiger partial charge in [-0.3, -0.25) is 0 Å². The van der Waals surface area contributed by atoms with Crippen LogP contribution in [0.1, 0.15) is 33.6 Å². The molecule has 58 valence electrons. The fourth-order valence-corrected chi connectivity index (χ4v) is 0.462. The number of aliphatic hydroxyl groups excluding tert-OH is 1. The highest BCUT2D eigenvalue weighted by molar-refractivity contribution is 4.55. The fourth-order valence-electron chi connectivity index (χ4n) is 0.462. The lowest BCUT2D eigenvalue weighted by atomic mass is 10.2. The molecule has 0 aromatic carbocycles. The molecule has 0 saturated carbocycles. The summed E-state index contributed by atoms with van der Waals surface area (Å²) in [7, 11) is 0. The molecule has 0 radical (unpaired) electrons. The maximum Gasteiger partial charge on any atom is 0.0582 e. The van der Waals surface area contributed by atoms with E-state index in [9.17, 15) is 0 Å². The van der Waals surface area contributed by atoms with Gasteiger partial charge in [0.05, 0.1) is 6.61 Å². The summed E-state index contributed by atoms with van der Waals surface area (Å²) in [5.74, 6) is 0. The first-order valence-corrected chi connectivity index (χ1v) is 3.67. The molecular formula is C7H19NO. The van der Waals surface area contributed by atoms with Crippen molar-refractivity contribution in [1.29, 1.82) is 0 Å². The topological polar surface area (TPSA) is 46.2 Å². The lowest BCUT2D eigenvalue weighted by molar-refractivity contribution is 0.259. The third kappa shape index (κ3) is 11.5. The average Bonchev–Trinajstić information content (AvgIpc) is 1.93. The Balaban J connectivity index is 0. The van der Waals surface area contributed by atoms with Gasteiger partial charge in [0, 0.05) is 6.04 Å². The van der Waals surface area contributed by atoms with E-state index in [1.54, 1.807) is 0 Å². The van der Waals surface area contributed by atoms with Crippen LogP contribution >= 0.6 is 0 Å². The molecule has 0 saturated heterocycles. The van der Waals surface area contributed by atoms with Gasteiger partial charge in [-0.15, -0.1) is 0 Å². The maximum absolute atomic E-state index is 8.34. The first-order chi connectivity index (χ1) is 4.31. The Morgan fingerprint density at radius 2 is 1.89 bits per heavy atom. The van der Waals surface area contributed by atoms with Crippen molar-refractivity contribution in [3.05, 3.63) is 0 Å². The zero-order chi connectivity index (χ0) is 7.70.